The van der Waals surface area contributed by atoms with Crippen molar-refractivity contribution in [2.45, 2.75) is 45.7 Å². The van der Waals surface area contributed by atoms with Crippen molar-refractivity contribution >= 4 is 5.91 Å². The van der Waals surface area contributed by atoms with Crippen molar-refractivity contribution in [1.82, 2.24) is 19.7 Å². The van der Waals surface area contributed by atoms with Crippen LogP contribution in [0.3, 0.4) is 0 Å². The van der Waals surface area contributed by atoms with Gasteiger partial charge in [-0.2, -0.15) is 5.10 Å². The van der Waals surface area contributed by atoms with Crippen LogP contribution in [0.15, 0.2) is 40.9 Å². The van der Waals surface area contributed by atoms with Gasteiger partial charge >= 0.3 is 0 Å². The quantitative estimate of drug-likeness (QED) is 0.677. The number of likely N-dealkylation sites (tertiary alicyclic amines) is 1. The highest BCUT2D eigenvalue weighted by Crippen LogP contribution is 2.32. The van der Waals surface area contributed by atoms with Gasteiger partial charge in [-0.1, -0.05) is 18.2 Å². The third-order valence-corrected chi connectivity index (χ3v) is 5.14. The number of carbonyl (C=O) groups excluding carboxylic acids is 1. The molecule has 4 rings (SSSR count). The van der Waals surface area contributed by atoms with E-state index in [0.717, 1.165) is 24.2 Å². The van der Waals surface area contributed by atoms with Crippen LogP contribution in [0.4, 0.5) is 4.39 Å². The van der Waals surface area contributed by atoms with Crippen LogP contribution in [0.25, 0.3) is 0 Å². The Kier molecular flexibility index (Phi) is 4.98. The Morgan fingerprint density at radius 2 is 2.14 bits per heavy atom. The summed E-state index contributed by atoms with van der Waals surface area (Å²) in [6, 6.07) is 8.40. The van der Waals surface area contributed by atoms with E-state index >= 15 is 0 Å². The molecule has 7 heteroatoms. The second-order valence-electron chi connectivity index (χ2n) is 7.26. The molecular formula is C21H23FN4O2. The van der Waals surface area contributed by atoms with Crippen molar-refractivity contribution < 1.29 is 13.6 Å². The fraction of sp³-hybridized carbons (Fsp3) is 0.381. The maximum atomic E-state index is 13.9. The largest absolute Gasteiger partial charge is 0.443 e. The minimum absolute atomic E-state index is 0.00236. The van der Waals surface area contributed by atoms with E-state index in [9.17, 15) is 9.18 Å². The molecule has 3 aromatic rings. The first kappa shape index (κ1) is 18.4. The van der Waals surface area contributed by atoms with Gasteiger partial charge in [0.25, 0.3) is 0 Å². The summed E-state index contributed by atoms with van der Waals surface area (Å²) in [4.78, 5) is 19.0. The van der Waals surface area contributed by atoms with Crippen LogP contribution in [0.5, 0.6) is 0 Å². The molecule has 146 valence electrons. The minimum Gasteiger partial charge on any atom is -0.443 e. The first-order valence-electron chi connectivity index (χ1n) is 9.50. The third kappa shape index (κ3) is 3.69. The molecule has 1 aliphatic rings. The van der Waals surface area contributed by atoms with Gasteiger partial charge in [0.1, 0.15) is 24.2 Å². The molecular weight excluding hydrogens is 359 g/mol. The Morgan fingerprint density at radius 1 is 1.32 bits per heavy atom. The van der Waals surface area contributed by atoms with Gasteiger partial charge in [-0.25, -0.2) is 9.37 Å². The summed E-state index contributed by atoms with van der Waals surface area (Å²) < 4.78 is 21.5. The van der Waals surface area contributed by atoms with Crippen molar-refractivity contribution in [3.8, 4) is 0 Å². The molecule has 0 N–H and O–H groups in total. The summed E-state index contributed by atoms with van der Waals surface area (Å²) in [6.45, 7) is 4.74. The maximum absolute atomic E-state index is 13.9. The first-order chi connectivity index (χ1) is 13.5. The molecule has 0 aliphatic carbocycles. The molecule has 2 aromatic heterocycles. The lowest BCUT2D eigenvalue weighted by Crippen LogP contribution is -2.34. The number of benzene rings is 1. The lowest BCUT2D eigenvalue weighted by molar-refractivity contribution is -0.133. The average Bonchev–Trinajstić information content (AvgIpc) is 3.37. The lowest BCUT2D eigenvalue weighted by Gasteiger charge is -2.22. The highest BCUT2D eigenvalue weighted by atomic mass is 19.1. The molecule has 0 radical (unpaired) electrons. The smallest absolute Gasteiger partial charge is 0.244 e. The molecule has 1 aromatic carbocycles. The van der Waals surface area contributed by atoms with Gasteiger partial charge in [0.05, 0.1) is 11.9 Å². The van der Waals surface area contributed by atoms with Crippen LogP contribution in [0.1, 0.15) is 47.5 Å². The molecule has 1 saturated heterocycles. The predicted molar refractivity (Wildman–Crippen MR) is 101 cm³/mol. The third-order valence-electron chi connectivity index (χ3n) is 5.14. The van der Waals surface area contributed by atoms with Crippen LogP contribution in [-0.4, -0.2) is 32.1 Å². The van der Waals surface area contributed by atoms with Crippen LogP contribution in [-0.2, 0) is 17.8 Å². The van der Waals surface area contributed by atoms with Crippen LogP contribution >= 0.6 is 0 Å². The molecule has 1 amide bonds. The molecule has 1 atom stereocenters. The van der Waals surface area contributed by atoms with E-state index in [0.29, 0.717) is 30.2 Å². The van der Waals surface area contributed by atoms with E-state index in [2.05, 4.69) is 10.1 Å². The van der Waals surface area contributed by atoms with E-state index in [1.54, 1.807) is 29.1 Å². The molecule has 1 fully saturated rings. The number of halogens is 1. The number of amides is 1. The molecule has 0 saturated carbocycles. The standard InChI is InChI=1S/C21H23FN4O2/c1-14-10-15(2)26(24-14)13-20(27)25-9-5-8-19(25)21-23-12-17(28-21)11-16-6-3-4-7-18(16)22/h3-4,6-7,10,12,19H,5,8-9,11,13H2,1-2H3/t19-/m1/s1. The molecule has 28 heavy (non-hydrogen) atoms. The number of aromatic nitrogens is 3. The normalized spacial score (nSPS) is 16.7. The monoisotopic (exact) mass is 382 g/mol. The Balaban J connectivity index is 1.48. The Labute approximate surface area is 163 Å². The highest BCUT2D eigenvalue weighted by molar-refractivity contribution is 5.76. The van der Waals surface area contributed by atoms with Crippen molar-refractivity contribution in [2.75, 3.05) is 6.54 Å². The first-order valence-corrected chi connectivity index (χ1v) is 9.50. The van der Waals surface area contributed by atoms with E-state index in [1.165, 1.54) is 6.07 Å². The summed E-state index contributed by atoms with van der Waals surface area (Å²) in [5, 5.41) is 4.37. The summed E-state index contributed by atoms with van der Waals surface area (Å²) in [5.74, 6) is 0.856. The Bertz CT molecular complexity index is 994. The highest BCUT2D eigenvalue weighted by Gasteiger charge is 2.33. The molecule has 6 nitrogen and oxygen atoms in total. The SMILES string of the molecule is Cc1cc(C)n(CC(=O)N2CCC[C@@H]2c2ncc(Cc3ccccc3F)o2)n1. The number of rotatable bonds is 5. The molecule has 3 heterocycles. The summed E-state index contributed by atoms with van der Waals surface area (Å²) in [6.07, 6.45) is 3.68. The van der Waals surface area contributed by atoms with Gasteiger partial charge in [-0.3, -0.25) is 9.48 Å². The van der Waals surface area contributed by atoms with Crippen LogP contribution in [0.2, 0.25) is 0 Å². The number of nitrogens with zero attached hydrogens (tertiary/aromatic N) is 4. The van der Waals surface area contributed by atoms with Gasteiger partial charge in [-0.15, -0.1) is 0 Å². The van der Waals surface area contributed by atoms with Gasteiger partial charge in [0, 0.05) is 18.7 Å². The average molecular weight is 382 g/mol. The fourth-order valence-corrected chi connectivity index (χ4v) is 3.76. The zero-order chi connectivity index (χ0) is 19.7. The van der Waals surface area contributed by atoms with Gasteiger partial charge in [-0.05, 0) is 44.4 Å². The number of aryl methyl sites for hydroxylation is 2. The van der Waals surface area contributed by atoms with E-state index in [-0.39, 0.29) is 24.3 Å². The van der Waals surface area contributed by atoms with Crippen molar-refractivity contribution in [1.29, 1.82) is 0 Å². The Morgan fingerprint density at radius 3 is 2.89 bits per heavy atom. The van der Waals surface area contributed by atoms with Gasteiger partial charge in [0.2, 0.25) is 11.8 Å². The zero-order valence-corrected chi connectivity index (χ0v) is 16.1. The van der Waals surface area contributed by atoms with E-state index < -0.39 is 0 Å². The fourth-order valence-electron chi connectivity index (χ4n) is 3.76. The summed E-state index contributed by atoms with van der Waals surface area (Å²) in [7, 11) is 0. The van der Waals surface area contributed by atoms with Crippen LogP contribution < -0.4 is 0 Å². The number of carbonyl (C=O) groups is 1. The molecule has 0 bridgehead atoms. The van der Waals surface area contributed by atoms with Crippen molar-refractivity contribution in [2.24, 2.45) is 0 Å². The zero-order valence-electron chi connectivity index (χ0n) is 16.1. The summed E-state index contributed by atoms with van der Waals surface area (Å²) in [5.41, 5.74) is 2.42. The lowest BCUT2D eigenvalue weighted by atomic mass is 10.1. The second-order valence-corrected chi connectivity index (χ2v) is 7.26. The van der Waals surface area contributed by atoms with E-state index in [4.69, 9.17) is 4.42 Å². The predicted octanol–water partition coefficient (Wildman–Crippen LogP) is 3.58. The topological polar surface area (TPSA) is 64.2 Å². The summed E-state index contributed by atoms with van der Waals surface area (Å²) >= 11 is 0. The number of hydrogen-bond donors (Lipinski definition) is 0. The molecule has 1 aliphatic heterocycles. The number of hydrogen-bond acceptors (Lipinski definition) is 4. The van der Waals surface area contributed by atoms with E-state index in [1.807, 2.05) is 24.8 Å². The second kappa shape index (κ2) is 7.58. The maximum Gasteiger partial charge on any atom is 0.244 e. The van der Waals surface area contributed by atoms with Crippen LogP contribution in [0, 0.1) is 19.7 Å². The number of oxazole rings is 1. The molecule has 0 spiro atoms. The minimum atomic E-state index is -0.261. The van der Waals surface area contributed by atoms with Crippen molar-refractivity contribution in [3.63, 3.8) is 0 Å². The Hall–Kier alpha value is -2.96. The van der Waals surface area contributed by atoms with Crippen molar-refractivity contribution in [3.05, 3.63) is 70.9 Å². The van der Waals surface area contributed by atoms with Gasteiger partial charge < -0.3 is 9.32 Å². The molecule has 0 unspecified atom stereocenters. The van der Waals surface area contributed by atoms with Gasteiger partial charge in [0.15, 0.2) is 0 Å².